The molecule has 0 unspecified atom stereocenters. The number of benzene rings is 1. The van der Waals surface area contributed by atoms with Crippen molar-refractivity contribution in [3.8, 4) is 0 Å². The van der Waals surface area contributed by atoms with Crippen LogP contribution in [0.5, 0.6) is 0 Å². The van der Waals surface area contributed by atoms with Gasteiger partial charge in [0.2, 0.25) is 5.91 Å². The van der Waals surface area contributed by atoms with Crippen LogP contribution in [-0.4, -0.2) is 24.1 Å². The minimum atomic E-state index is -0.182. The molecule has 121 valence electrons. The Bertz CT molecular complexity index is 709. The van der Waals surface area contributed by atoms with Gasteiger partial charge in [-0.25, -0.2) is 0 Å². The fraction of sp³-hybridized carbons (Fsp3) is 0.250. The third-order valence-corrected chi connectivity index (χ3v) is 4.53. The van der Waals surface area contributed by atoms with E-state index in [4.69, 9.17) is 4.42 Å². The Balaban J connectivity index is 0.00000144. The third kappa shape index (κ3) is 3.83. The number of amides is 2. The first-order valence-corrected chi connectivity index (χ1v) is 8.05. The molecular formula is C16H18N2O3SV. The summed E-state index contributed by atoms with van der Waals surface area (Å²) in [4.78, 5) is 26.9. The van der Waals surface area contributed by atoms with Crippen LogP contribution in [0.1, 0.15) is 24.5 Å². The van der Waals surface area contributed by atoms with Crippen molar-refractivity contribution in [2.24, 2.45) is 0 Å². The molecule has 1 aliphatic rings. The predicted molar refractivity (Wildman–Crippen MR) is 87.2 cm³/mol. The van der Waals surface area contributed by atoms with Gasteiger partial charge in [0.15, 0.2) is 0 Å². The largest absolute Gasteiger partial charge is 0.467 e. The second-order valence-corrected chi connectivity index (χ2v) is 5.89. The van der Waals surface area contributed by atoms with Gasteiger partial charge in [0, 0.05) is 37.0 Å². The molecule has 1 aliphatic heterocycles. The van der Waals surface area contributed by atoms with Crippen LogP contribution >= 0.6 is 11.8 Å². The Morgan fingerprint density at radius 1 is 1.43 bits per heavy atom. The molecule has 0 fully saturated rings. The summed E-state index contributed by atoms with van der Waals surface area (Å²) < 4.78 is 5.19. The summed E-state index contributed by atoms with van der Waals surface area (Å²) in [6, 6.07) is 9.05. The molecule has 0 atom stereocenters. The number of rotatable bonds is 4. The average Bonchev–Trinajstić information content (AvgIpc) is 3.05. The van der Waals surface area contributed by atoms with Crippen LogP contribution in [-0.2, 0) is 29.9 Å². The van der Waals surface area contributed by atoms with Gasteiger partial charge in [0.1, 0.15) is 5.76 Å². The van der Waals surface area contributed by atoms with E-state index in [1.54, 1.807) is 35.4 Å². The van der Waals surface area contributed by atoms with E-state index < -0.39 is 0 Å². The van der Waals surface area contributed by atoms with Crippen LogP contribution in [0.2, 0.25) is 0 Å². The van der Waals surface area contributed by atoms with Crippen LogP contribution in [0, 0.1) is 0 Å². The van der Waals surface area contributed by atoms with Gasteiger partial charge in [-0.2, -0.15) is 0 Å². The smallest absolute Gasteiger partial charge is 0.251 e. The topological polar surface area (TPSA) is 62.6 Å². The first kappa shape index (κ1) is 17.7. The van der Waals surface area contributed by atoms with Crippen LogP contribution in [0.15, 0.2) is 45.9 Å². The number of hydrogen-bond donors (Lipinski definition) is 1. The van der Waals surface area contributed by atoms with E-state index in [9.17, 15) is 9.59 Å². The minimum absolute atomic E-state index is 0. The number of anilines is 1. The van der Waals surface area contributed by atoms with Gasteiger partial charge < -0.3 is 14.6 Å². The first-order chi connectivity index (χ1) is 10.7. The number of carbonyl (C=O) groups is 2. The van der Waals surface area contributed by atoms with E-state index in [1.807, 2.05) is 13.0 Å². The predicted octanol–water partition coefficient (Wildman–Crippen LogP) is 2.91. The van der Waals surface area contributed by atoms with Crippen molar-refractivity contribution in [1.82, 2.24) is 5.32 Å². The van der Waals surface area contributed by atoms with Gasteiger partial charge in [-0.15, -0.1) is 11.8 Å². The Morgan fingerprint density at radius 2 is 2.26 bits per heavy atom. The van der Waals surface area contributed by atoms with Gasteiger partial charge in [0.05, 0.1) is 24.2 Å². The number of thioether (sulfide) groups is 1. The van der Waals surface area contributed by atoms with E-state index in [2.05, 4.69) is 5.32 Å². The zero-order chi connectivity index (χ0) is 15.5. The van der Waals surface area contributed by atoms with Crippen molar-refractivity contribution in [1.29, 1.82) is 0 Å². The Labute approximate surface area is 152 Å². The van der Waals surface area contributed by atoms with E-state index >= 15 is 0 Å². The van der Waals surface area contributed by atoms with Gasteiger partial charge in [-0.3, -0.25) is 9.59 Å². The molecule has 1 aromatic heterocycles. The molecule has 0 saturated carbocycles. The maximum atomic E-state index is 12.2. The van der Waals surface area contributed by atoms with Gasteiger partial charge >= 0.3 is 0 Å². The van der Waals surface area contributed by atoms with Crippen molar-refractivity contribution in [3.05, 3.63) is 47.9 Å². The summed E-state index contributed by atoms with van der Waals surface area (Å²) in [5.41, 5.74) is 1.36. The van der Waals surface area contributed by atoms with Crippen molar-refractivity contribution in [2.75, 3.05) is 17.2 Å². The van der Waals surface area contributed by atoms with Crippen LogP contribution < -0.4 is 10.2 Å². The fourth-order valence-electron chi connectivity index (χ4n) is 2.37. The van der Waals surface area contributed by atoms with Gasteiger partial charge in [-0.05, 0) is 37.3 Å². The second-order valence-electron chi connectivity index (χ2n) is 4.87. The summed E-state index contributed by atoms with van der Waals surface area (Å²) in [5.74, 6) is 1.05. The van der Waals surface area contributed by atoms with Crippen molar-refractivity contribution < 1.29 is 34.0 Å². The van der Waals surface area contributed by atoms with Crippen molar-refractivity contribution >= 4 is 29.3 Å². The molecule has 3 rings (SSSR count). The van der Waals surface area contributed by atoms with Crippen LogP contribution in [0.25, 0.3) is 0 Å². The van der Waals surface area contributed by atoms with Crippen molar-refractivity contribution in [3.63, 3.8) is 0 Å². The molecule has 1 radical (unpaired) electrons. The SMILES string of the molecule is CCN1C(=O)CSc2ccc(C(=O)NCc3ccco3)cc21.[HH].[V]. The minimum Gasteiger partial charge on any atom is -0.467 e. The third-order valence-electron chi connectivity index (χ3n) is 3.48. The monoisotopic (exact) mass is 369 g/mol. The average molecular weight is 369 g/mol. The zero-order valence-electron chi connectivity index (χ0n) is 12.6. The molecule has 0 bridgehead atoms. The molecule has 0 saturated heterocycles. The maximum Gasteiger partial charge on any atom is 0.251 e. The normalized spacial score (nSPS) is 13.3. The Kier molecular flexibility index (Phi) is 5.99. The quantitative estimate of drug-likeness (QED) is 0.900. The standard InChI is InChI=1S/C16H16N2O3S.V.H2/c1-2-18-13-8-11(5-6-14(13)22-10-15(18)19)16(20)17-9-12-4-3-7-21-12;;/h3-8H,2,9-10H2,1H3,(H,17,20);;1H. The van der Waals surface area contributed by atoms with E-state index in [-0.39, 0.29) is 31.8 Å². The number of carbonyl (C=O) groups excluding carboxylic acids is 2. The summed E-state index contributed by atoms with van der Waals surface area (Å²) in [5, 5.41) is 2.81. The molecule has 2 amide bonds. The summed E-state index contributed by atoms with van der Waals surface area (Å²) >= 11 is 1.51. The van der Waals surface area contributed by atoms with Crippen molar-refractivity contribution in [2.45, 2.75) is 18.4 Å². The molecule has 2 heterocycles. The van der Waals surface area contributed by atoms with E-state index in [1.165, 1.54) is 11.8 Å². The van der Waals surface area contributed by atoms with Gasteiger partial charge in [-0.1, -0.05) is 0 Å². The summed E-state index contributed by atoms with van der Waals surface area (Å²) in [6.45, 7) is 2.87. The Morgan fingerprint density at radius 3 is 2.96 bits per heavy atom. The molecular weight excluding hydrogens is 351 g/mol. The van der Waals surface area contributed by atoms with E-state index in [0.29, 0.717) is 30.2 Å². The molecule has 0 spiro atoms. The zero-order valence-corrected chi connectivity index (χ0v) is 14.8. The number of fused-ring (bicyclic) bond motifs is 1. The number of furan rings is 1. The molecule has 2 aromatic rings. The number of nitrogens with zero attached hydrogens (tertiary/aromatic N) is 1. The Hall–Kier alpha value is -1.63. The summed E-state index contributed by atoms with van der Waals surface area (Å²) in [7, 11) is 0. The summed E-state index contributed by atoms with van der Waals surface area (Å²) in [6.07, 6.45) is 1.57. The molecule has 7 heteroatoms. The molecule has 5 nitrogen and oxygen atoms in total. The molecule has 1 aromatic carbocycles. The molecule has 1 N–H and O–H groups in total. The van der Waals surface area contributed by atoms with Gasteiger partial charge in [0.25, 0.3) is 5.91 Å². The number of hydrogen-bond acceptors (Lipinski definition) is 4. The van der Waals surface area contributed by atoms with Crippen LogP contribution in [0.4, 0.5) is 5.69 Å². The van der Waals surface area contributed by atoms with E-state index in [0.717, 1.165) is 10.6 Å². The second kappa shape index (κ2) is 7.77. The van der Waals surface area contributed by atoms with Crippen LogP contribution in [0.3, 0.4) is 0 Å². The maximum absolute atomic E-state index is 12.2. The molecule has 0 aliphatic carbocycles. The molecule has 23 heavy (non-hydrogen) atoms. The fourth-order valence-corrected chi connectivity index (χ4v) is 3.29. The number of nitrogens with one attached hydrogen (secondary N) is 1. The first-order valence-electron chi connectivity index (χ1n) is 7.07.